The fourth-order valence-electron chi connectivity index (χ4n) is 7.31. The standard InChI is InChI=1S/C43H25N3O2/c44-26-27-23-28(18-21-41(27)47-30-19-22-43-36(25-30)34-12-4-8-16-42(34)48-43)45-39-15-7-3-11-33(39)35-24-29(17-20-40(35)45)46-37-13-5-1-9-31(37)32-10-2-6-14-38(32)46/h1-25H. The molecule has 0 radical (unpaired) electrons. The number of aromatic nitrogens is 2. The van der Waals surface area contributed by atoms with E-state index in [9.17, 15) is 5.26 Å². The molecule has 0 N–H and O–H groups in total. The third-order valence-electron chi connectivity index (χ3n) is 9.41. The summed E-state index contributed by atoms with van der Waals surface area (Å²) < 4.78 is 16.9. The minimum Gasteiger partial charge on any atom is -0.456 e. The highest BCUT2D eigenvalue weighted by Gasteiger charge is 2.18. The van der Waals surface area contributed by atoms with E-state index in [1.807, 2.05) is 60.7 Å². The molecular weight excluding hydrogens is 590 g/mol. The Morgan fingerprint density at radius 2 is 1.00 bits per heavy atom. The highest BCUT2D eigenvalue weighted by atomic mass is 16.5. The van der Waals surface area contributed by atoms with Crippen LogP contribution >= 0.6 is 0 Å². The van der Waals surface area contributed by atoms with Crippen molar-refractivity contribution in [1.82, 2.24) is 9.13 Å². The molecule has 0 amide bonds. The number of fused-ring (bicyclic) bond motifs is 9. The van der Waals surface area contributed by atoms with Crippen molar-refractivity contribution in [2.24, 2.45) is 0 Å². The second kappa shape index (κ2) is 10.1. The number of hydrogen-bond acceptors (Lipinski definition) is 3. The number of rotatable bonds is 4. The van der Waals surface area contributed by atoms with Crippen molar-refractivity contribution in [2.45, 2.75) is 0 Å². The van der Waals surface area contributed by atoms with E-state index in [1.54, 1.807) is 0 Å². The number of nitrogens with zero attached hydrogens (tertiary/aromatic N) is 3. The Kier molecular flexibility index (Phi) is 5.57. The van der Waals surface area contributed by atoms with Gasteiger partial charge in [0.2, 0.25) is 0 Å². The van der Waals surface area contributed by atoms with Crippen molar-refractivity contribution in [3.05, 3.63) is 157 Å². The molecule has 0 aliphatic heterocycles. The fraction of sp³-hybridized carbons (Fsp3) is 0. The smallest absolute Gasteiger partial charge is 0.145 e. The van der Waals surface area contributed by atoms with Gasteiger partial charge in [-0.1, -0.05) is 72.8 Å². The fourth-order valence-corrected chi connectivity index (χ4v) is 7.31. The van der Waals surface area contributed by atoms with E-state index in [0.717, 1.165) is 55.1 Å². The minimum atomic E-state index is 0.456. The van der Waals surface area contributed by atoms with Crippen LogP contribution in [0.15, 0.2) is 156 Å². The normalized spacial score (nSPS) is 11.7. The molecular formula is C43H25N3O2. The van der Waals surface area contributed by atoms with Crippen LogP contribution in [0.3, 0.4) is 0 Å². The van der Waals surface area contributed by atoms with Crippen molar-refractivity contribution < 1.29 is 9.15 Å². The summed E-state index contributed by atoms with van der Waals surface area (Å²) in [5, 5.41) is 17.1. The maximum atomic E-state index is 10.3. The van der Waals surface area contributed by atoms with Crippen LogP contribution in [0, 0.1) is 11.3 Å². The zero-order valence-corrected chi connectivity index (χ0v) is 25.6. The Labute approximate surface area is 274 Å². The van der Waals surface area contributed by atoms with Gasteiger partial charge in [-0.05, 0) is 78.9 Å². The van der Waals surface area contributed by atoms with Crippen LogP contribution < -0.4 is 4.74 Å². The lowest BCUT2D eigenvalue weighted by molar-refractivity contribution is 0.481. The largest absolute Gasteiger partial charge is 0.456 e. The maximum absolute atomic E-state index is 10.3. The van der Waals surface area contributed by atoms with Gasteiger partial charge in [0.15, 0.2) is 0 Å². The molecule has 0 fully saturated rings. The van der Waals surface area contributed by atoms with E-state index in [4.69, 9.17) is 9.15 Å². The molecule has 0 atom stereocenters. The number of furan rings is 1. The Bertz CT molecular complexity index is 2900. The first-order valence-electron chi connectivity index (χ1n) is 15.9. The molecule has 0 spiro atoms. The summed E-state index contributed by atoms with van der Waals surface area (Å²) in [5.41, 5.74) is 8.58. The van der Waals surface area contributed by atoms with E-state index < -0.39 is 0 Å². The van der Waals surface area contributed by atoms with Crippen molar-refractivity contribution >= 4 is 65.6 Å². The lowest BCUT2D eigenvalue weighted by atomic mass is 10.1. The quantitative estimate of drug-likeness (QED) is 0.198. The highest BCUT2D eigenvalue weighted by molar-refractivity contribution is 6.12. The van der Waals surface area contributed by atoms with Crippen LogP contribution in [0.1, 0.15) is 5.56 Å². The van der Waals surface area contributed by atoms with Gasteiger partial charge in [-0.25, -0.2) is 0 Å². The number of hydrogen-bond donors (Lipinski definition) is 0. The summed E-state index contributed by atoms with van der Waals surface area (Å²) in [6.07, 6.45) is 0. The Hall–Kier alpha value is -6.77. The molecule has 10 aromatic rings. The van der Waals surface area contributed by atoms with Crippen LogP contribution in [-0.2, 0) is 0 Å². The Balaban J connectivity index is 1.10. The second-order valence-corrected chi connectivity index (χ2v) is 12.1. The molecule has 224 valence electrons. The lowest BCUT2D eigenvalue weighted by Gasteiger charge is -2.12. The SMILES string of the molecule is N#Cc1cc(-n2c3ccccc3c3cc(-n4c5ccccc5c5ccccc54)ccc32)ccc1Oc1ccc2oc3ccccc3c2c1. The Morgan fingerprint density at radius 3 is 1.69 bits per heavy atom. The second-order valence-electron chi connectivity index (χ2n) is 12.1. The monoisotopic (exact) mass is 615 g/mol. The molecule has 0 bridgehead atoms. The molecule has 5 nitrogen and oxygen atoms in total. The topological polar surface area (TPSA) is 56.0 Å². The molecule has 0 unspecified atom stereocenters. The van der Waals surface area contributed by atoms with Crippen LogP contribution in [0.4, 0.5) is 0 Å². The lowest BCUT2D eigenvalue weighted by Crippen LogP contribution is -1.97. The van der Waals surface area contributed by atoms with Gasteiger partial charge in [-0.2, -0.15) is 5.26 Å². The van der Waals surface area contributed by atoms with E-state index >= 15 is 0 Å². The van der Waals surface area contributed by atoms with E-state index in [0.29, 0.717) is 17.1 Å². The number of para-hydroxylation sites is 4. The summed E-state index contributed by atoms with van der Waals surface area (Å²) >= 11 is 0. The van der Waals surface area contributed by atoms with Crippen molar-refractivity contribution in [3.63, 3.8) is 0 Å². The van der Waals surface area contributed by atoms with Crippen molar-refractivity contribution in [1.29, 1.82) is 5.26 Å². The summed E-state index contributed by atoms with van der Waals surface area (Å²) in [7, 11) is 0. The molecule has 7 aromatic carbocycles. The van der Waals surface area contributed by atoms with Gasteiger partial charge in [0.05, 0.1) is 27.6 Å². The van der Waals surface area contributed by atoms with Crippen LogP contribution in [-0.4, -0.2) is 9.13 Å². The molecule has 3 heterocycles. The van der Waals surface area contributed by atoms with Crippen molar-refractivity contribution in [2.75, 3.05) is 0 Å². The zero-order chi connectivity index (χ0) is 31.8. The predicted octanol–water partition coefficient (Wildman–Crippen LogP) is 11.4. The molecule has 0 aliphatic carbocycles. The Morgan fingerprint density at radius 1 is 0.458 bits per heavy atom. The molecule has 10 rings (SSSR count). The van der Waals surface area contributed by atoms with Gasteiger partial charge in [-0.15, -0.1) is 0 Å². The first-order valence-corrected chi connectivity index (χ1v) is 15.9. The molecule has 5 heteroatoms. The molecule has 0 saturated carbocycles. The van der Waals surface area contributed by atoms with Crippen LogP contribution in [0.25, 0.3) is 76.9 Å². The minimum absolute atomic E-state index is 0.456. The van der Waals surface area contributed by atoms with E-state index in [2.05, 4.69) is 106 Å². The zero-order valence-electron chi connectivity index (χ0n) is 25.6. The number of benzene rings is 7. The van der Waals surface area contributed by atoms with Crippen LogP contribution in [0.2, 0.25) is 0 Å². The molecule has 3 aromatic heterocycles. The van der Waals surface area contributed by atoms with Gasteiger partial charge >= 0.3 is 0 Å². The highest BCUT2D eigenvalue weighted by Crippen LogP contribution is 2.38. The molecule has 48 heavy (non-hydrogen) atoms. The number of ether oxygens (including phenoxy) is 1. The number of nitriles is 1. The third kappa shape index (κ3) is 3.84. The molecule has 0 saturated heterocycles. The summed E-state index contributed by atoms with van der Waals surface area (Å²) in [4.78, 5) is 0. The van der Waals surface area contributed by atoms with Gasteiger partial charge in [0.25, 0.3) is 0 Å². The van der Waals surface area contributed by atoms with Crippen molar-refractivity contribution in [3.8, 4) is 28.9 Å². The van der Waals surface area contributed by atoms with E-state index in [1.165, 1.54) is 21.8 Å². The average Bonchev–Trinajstić information content (AvgIpc) is 3.79. The van der Waals surface area contributed by atoms with Gasteiger partial charge in [-0.3, -0.25) is 0 Å². The summed E-state index contributed by atoms with van der Waals surface area (Å²) in [6.45, 7) is 0. The average molecular weight is 616 g/mol. The maximum Gasteiger partial charge on any atom is 0.145 e. The molecule has 0 aliphatic rings. The summed E-state index contributed by atoms with van der Waals surface area (Å²) in [5.74, 6) is 1.15. The summed E-state index contributed by atoms with van der Waals surface area (Å²) in [6, 6.07) is 54.2. The predicted molar refractivity (Wildman–Crippen MR) is 194 cm³/mol. The van der Waals surface area contributed by atoms with Gasteiger partial charge in [0.1, 0.15) is 28.7 Å². The van der Waals surface area contributed by atoms with Crippen LogP contribution in [0.5, 0.6) is 11.5 Å². The first kappa shape index (κ1) is 26.4. The first-order chi connectivity index (χ1) is 23.7. The third-order valence-corrected chi connectivity index (χ3v) is 9.41. The van der Waals surface area contributed by atoms with Gasteiger partial charge in [0, 0.05) is 43.7 Å². The van der Waals surface area contributed by atoms with E-state index in [-0.39, 0.29) is 0 Å². The van der Waals surface area contributed by atoms with Gasteiger partial charge < -0.3 is 18.3 Å².